The van der Waals surface area contributed by atoms with Crippen LogP contribution in [0.15, 0.2) is 78.9 Å². The standard InChI is InChI=1S/C24H26N2O2/c1-3-7-19(8-4-1)17-27-22-13-21(24-16-25-11-12-26-24)14-23(15-22)28-18-20-9-5-2-6-10-20/h1-10,13-15,24-26H,11-12,16-18H2/t24-/m1/s1. The summed E-state index contributed by atoms with van der Waals surface area (Å²) in [7, 11) is 0. The lowest BCUT2D eigenvalue weighted by Gasteiger charge is -2.25. The summed E-state index contributed by atoms with van der Waals surface area (Å²) >= 11 is 0. The van der Waals surface area contributed by atoms with Crippen molar-refractivity contribution in [2.75, 3.05) is 19.6 Å². The van der Waals surface area contributed by atoms with Crippen molar-refractivity contribution in [1.29, 1.82) is 0 Å². The second-order valence-corrected chi connectivity index (χ2v) is 7.00. The Bertz CT molecular complexity index is 801. The van der Waals surface area contributed by atoms with Crippen LogP contribution in [0.1, 0.15) is 22.7 Å². The maximum absolute atomic E-state index is 6.09. The van der Waals surface area contributed by atoms with Gasteiger partial charge in [-0.15, -0.1) is 0 Å². The zero-order chi connectivity index (χ0) is 19.0. The van der Waals surface area contributed by atoms with Crippen molar-refractivity contribution in [3.05, 3.63) is 95.6 Å². The van der Waals surface area contributed by atoms with Crippen molar-refractivity contribution in [2.45, 2.75) is 19.3 Å². The fourth-order valence-corrected chi connectivity index (χ4v) is 3.33. The van der Waals surface area contributed by atoms with Crippen LogP contribution in [-0.2, 0) is 13.2 Å². The number of ether oxygens (including phenoxy) is 2. The van der Waals surface area contributed by atoms with Gasteiger partial charge in [0.05, 0.1) is 0 Å². The topological polar surface area (TPSA) is 42.5 Å². The van der Waals surface area contributed by atoms with Gasteiger partial charge in [-0.1, -0.05) is 60.7 Å². The molecule has 1 fully saturated rings. The van der Waals surface area contributed by atoms with Crippen molar-refractivity contribution < 1.29 is 9.47 Å². The molecule has 2 N–H and O–H groups in total. The smallest absolute Gasteiger partial charge is 0.123 e. The van der Waals surface area contributed by atoms with Crippen molar-refractivity contribution in [1.82, 2.24) is 10.6 Å². The van der Waals surface area contributed by atoms with E-state index in [1.165, 1.54) is 5.56 Å². The molecule has 0 amide bonds. The Morgan fingerprint density at radius 2 is 1.29 bits per heavy atom. The van der Waals surface area contributed by atoms with Gasteiger partial charge in [0, 0.05) is 31.7 Å². The summed E-state index contributed by atoms with van der Waals surface area (Å²) in [5.74, 6) is 1.66. The van der Waals surface area contributed by atoms with E-state index in [0.717, 1.165) is 42.3 Å². The van der Waals surface area contributed by atoms with Crippen LogP contribution in [0.4, 0.5) is 0 Å². The predicted molar refractivity (Wildman–Crippen MR) is 112 cm³/mol. The van der Waals surface area contributed by atoms with Crippen LogP contribution in [0.3, 0.4) is 0 Å². The maximum atomic E-state index is 6.09. The summed E-state index contributed by atoms with van der Waals surface area (Å²) in [6.45, 7) is 3.94. The highest BCUT2D eigenvalue weighted by Crippen LogP contribution is 2.28. The van der Waals surface area contributed by atoms with Gasteiger partial charge in [-0.25, -0.2) is 0 Å². The van der Waals surface area contributed by atoms with E-state index in [1.54, 1.807) is 0 Å². The molecule has 0 spiro atoms. The molecule has 0 saturated carbocycles. The number of piperazine rings is 1. The number of rotatable bonds is 7. The lowest BCUT2D eigenvalue weighted by atomic mass is 10.0. The van der Waals surface area contributed by atoms with Gasteiger partial charge in [-0.3, -0.25) is 0 Å². The Morgan fingerprint density at radius 3 is 1.79 bits per heavy atom. The van der Waals surface area contributed by atoms with Crippen molar-refractivity contribution in [3.63, 3.8) is 0 Å². The fraction of sp³-hybridized carbons (Fsp3) is 0.250. The minimum Gasteiger partial charge on any atom is -0.489 e. The molecule has 0 aliphatic carbocycles. The van der Waals surface area contributed by atoms with E-state index in [1.807, 2.05) is 42.5 Å². The van der Waals surface area contributed by atoms with Crippen LogP contribution < -0.4 is 20.1 Å². The monoisotopic (exact) mass is 374 g/mol. The van der Waals surface area contributed by atoms with Crippen molar-refractivity contribution in [3.8, 4) is 11.5 Å². The first-order chi connectivity index (χ1) is 13.9. The lowest BCUT2D eigenvalue weighted by Crippen LogP contribution is -2.42. The average molecular weight is 374 g/mol. The third-order valence-corrected chi connectivity index (χ3v) is 4.84. The molecule has 0 unspecified atom stereocenters. The Balaban J connectivity index is 1.51. The molecule has 4 rings (SSSR count). The van der Waals surface area contributed by atoms with Gasteiger partial charge in [0.15, 0.2) is 0 Å². The molecule has 28 heavy (non-hydrogen) atoms. The first-order valence-corrected chi connectivity index (χ1v) is 9.79. The SMILES string of the molecule is c1ccc(COc2cc(OCc3ccccc3)cc([C@H]3CNCCN3)c2)cc1. The van der Waals surface area contributed by atoms with Crippen LogP contribution in [0.5, 0.6) is 11.5 Å². The van der Waals surface area contributed by atoms with E-state index in [0.29, 0.717) is 13.2 Å². The van der Waals surface area contributed by atoms with Gasteiger partial charge in [0.2, 0.25) is 0 Å². The van der Waals surface area contributed by atoms with Crippen LogP contribution in [0, 0.1) is 0 Å². The lowest BCUT2D eigenvalue weighted by molar-refractivity contribution is 0.288. The van der Waals surface area contributed by atoms with Crippen molar-refractivity contribution >= 4 is 0 Å². The quantitative estimate of drug-likeness (QED) is 0.654. The molecule has 1 atom stereocenters. The predicted octanol–water partition coefficient (Wildman–Crippen LogP) is 4.08. The molecule has 0 aromatic heterocycles. The Morgan fingerprint density at radius 1 is 0.714 bits per heavy atom. The third-order valence-electron chi connectivity index (χ3n) is 4.84. The summed E-state index contributed by atoms with van der Waals surface area (Å²) in [6.07, 6.45) is 0. The highest BCUT2D eigenvalue weighted by Gasteiger charge is 2.16. The number of benzene rings is 3. The van der Waals surface area contributed by atoms with Crippen molar-refractivity contribution in [2.24, 2.45) is 0 Å². The second-order valence-electron chi connectivity index (χ2n) is 7.00. The molecular formula is C24H26N2O2. The molecule has 1 heterocycles. The normalized spacial score (nSPS) is 16.5. The van der Waals surface area contributed by atoms with Crippen LogP contribution >= 0.6 is 0 Å². The molecule has 1 aliphatic heterocycles. The molecule has 0 radical (unpaired) electrons. The fourth-order valence-electron chi connectivity index (χ4n) is 3.33. The second kappa shape index (κ2) is 9.40. The molecule has 3 aromatic rings. The van der Waals surface area contributed by atoms with Crippen LogP contribution in [0.25, 0.3) is 0 Å². The van der Waals surface area contributed by atoms with Gasteiger partial charge in [0.25, 0.3) is 0 Å². The Labute approximate surface area is 166 Å². The first-order valence-electron chi connectivity index (χ1n) is 9.79. The van der Waals surface area contributed by atoms with Crippen LogP contribution in [0.2, 0.25) is 0 Å². The zero-order valence-corrected chi connectivity index (χ0v) is 15.9. The van der Waals surface area contributed by atoms with E-state index in [2.05, 4.69) is 47.0 Å². The molecule has 3 aromatic carbocycles. The number of nitrogens with one attached hydrogen (secondary N) is 2. The molecule has 1 aliphatic rings. The molecule has 0 bridgehead atoms. The van der Waals surface area contributed by atoms with E-state index in [9.17, 15) is 0 Å². The van der Waals surface area contributed by atoms with Gasteiger partial charge < -0.3 is 20.1 Å². The highest BCUT2D eigenvalue weighted by molar-refractivity contribution is 5.40. The first kappa shape index (κ1) is 18.5. The summed E-state index contributed by atoms with van der Waals surface area (Å²) in [4.78, 5) is 0. The molecule has 1 saturated heterocycles. The largest absolute Gasteiger partial charge is 0.489 e. The zero-order valence-electron chi connectivity index (χ0n) is 15.9. The van der Waals surface area contributed by atoms with E-state index in [4.69, 9.17) is 9.47 Å². The van der Waals surface area contributed by atoms with Crippen LogP contribution in [-0.4, -0.2) is 19.6 Å². The van der Waals surface area contributed by atoms with E-state index >= 15 is 0 Å². The summed E-state index contributed by atoms with van der Waals surface area (Å²) in [6, 6.07) is 26.9. The van der Waals surface area contributed by atoms with Gasteiger partial charge in [-0.05, 0) is 28.8 Å². The molecular weight excluding hydrogens is 348 g/mol. The van der Waals surface area contributed by atoms with E-state index < -0.39 is 0 Å². The average Bonchev–Trinajstić information content (AvgIpc) is 2.78. The number of hydrogen-bond acceptors (Lipinski definition) is 4. The number of hydrogen-bond donors (Lipinski definition) is 2. The third kappa shape index (κ3) is 5.12. The summed E-state index contributed by atoms with van der Waals surface area (Å²) in [5, 5.41) is 7.01. The minimum atomic E-state index is 0.258. The van der Waals surface area contributed by atoms with Gasteiger partial charge in [0.1, 0.15) is 24.7 Å². The highest BCUT2D eigenvalue weighted by atomic mass is 16.5. The van der Waals surface area contributed by atoms with E-state index in [-0.39, 0.29) is 6.04 Å². The Kier molecular flexibility index (Phi) is 6.22. The van der Waals surface area contributed by atoms with Gasteiger partial charge >= 0.3 is 0 Å². The summed E-state index contributed by atoms with van der Waals surface area (Å²) < 4.78 is 12.2. The van der Waals surface area contributed by atoms with Gasteiger partial charge in [-0.2, -0.15) is 0 Å². The Hall–Kier alpha value is -2.82. The molecule has 144 valence electrons. The minimum absolute atomic E-state index is 0.258. The maximum Gasteiger partial charge on any atom is 0.123 e. The molecule has 4 heteroatoms. The molecule has 4 nitrogen and oxygen atoms in total. The summed E-state index contributed by atoms with van der Waals surface area (Å²) in [5.41, 5.74) is 3.48.